The molecule has 6 nitrogen and oxygen atoms in total. The molecule has 1 aliphatic carbocycles. The first kappa shape index (κ1) is 21.2. The van der Waals surface area contributed by atoms with Gasteiger partial charge in [0, 0.05) is 29.2 Å². The Bertz CT molecular complexity index is 1020. The Morgan fingerprint density at radius 3 is 2.45 bits per heavy atom. The van der Waals surface area contributed by atoms with E-state index in [4.69, 9.17) is 21.1 Å². The number of nitrogens with zero attached hydrogens (tertiary/aromatic N) is 2. The van der Waals surface area contributed by atoms with Gasteiger partial charge in [-0.1, -0.05) is 18.0 Å². The van der Waals surface area contributed by atoms with Crippen LogP contribution in [0.3, 0.4) is 0 Å². The van der Waals surface area contributed by atoms with Crippen LogP contribution in [0.2, 0.25) is 5.02 Å². The molecule has 0 unspecified atom stereocenters. The number of methoxy groups -OCH3 is 1. The maximum atomic E-state index is 6.11. The standard InChI is InChI=1S/C24H27ClN4O2/c1-16-15-26-24(29-23(16)27-18-10-13-21(25)22(14-18)30-2)28-17-8-11-20(12-9-17)31-19-6-4-3-5-7-19/h8-15,19H,3-7H2,1-2H3,(H2,26,27,28,29). The molecule has 2 aromatic carbocycles. The molecule has 4 rings (SSSR count). The molecule has 1 fully saturated rings. The number of halogens is 1. The van der Waals surface area contributed by atoms with Crippen LogP contribution in [0.25, 0.3) is 0 Å². The molecule has 1 heterocycles. The van der Waals surface area contributed by atoms with Gasteiger partial charge in [0.15, 0.2) is 0 Å². The summed E-state index contributed by atoms with van der Waals surface area (Å²) < 4.78 is 11.4. The molecule has 0 amide bonds. The fourth-order valence-electron chi connectivity index (χ4n) is 3.62. The van der Waals surface area contributed by atoms with E-state index < -0.39 is 0 Å². The third-order valence-electron chi connectivity index (χ3n) is 5.35. The Hall–Kier alpha value is -2.99. The van der Waals surface area contributed by atoms with E-state index in [9.17, 15) is 0 Å². The summed E-state index contributed by atoms with van der Waals surface area (Å²) in [5.41, 5.74) is 2.66. The van der Waals surface area contributed by atoms with Gasteiger partial charge in [-0.15, -0.1) is 0 Å². The number of ether oxygens (including phenoxy) is 2. The highest BCUT2D eigenvalue weighted by atomic mass is 35.5. The molecule has 2 N–H and O–H groups in total. The number of hydrogen-bond donors (Lipinski definition) is 2. The van der Waals surface area contributed by atoms with Crippen molar-refractivity contribution in [3.63, 3.8) is 0 Å². The Labute approximate surface area is 188 Å². The summed E-state index contributed by atoms with van der Waals surface area (Å²) in [6.45, 7) is 1.96. The van der Waals surface area contributed by atoms with E-state index >= 15 is 0 Å². The molecule has 3 aromatic rings. The van der Waals surface area contributed by atoms with Crippen LogP contribution in [0.5, 0.6) is 11.5 Å². The molecular formula is C24H27ClN4O2. The first-order valence-corrected chi connectivity index (χ1v) is 11.0. The van der Waals surface area contributed by atoms with Crippen LogP contribution in [-0.2, 0) is 0 Å². The summed E-state index contributed by atoms with van der Waals surface area (Å²) >= 11 is 6.11. The third kappa shape index (κ3) is 5.58. The van der Waals surface area contributed by atoms with Crippen molar-refractivity contribution in [1.29, 1.82) is 0 Å². The van der Waals surface area contributed by atoms with Crippen LogP contribution in [0.1, 0.15) is 37.7 Å². The number of nitrogens with one attached hydrogen (secondary N) is 2. The summed E-state index contributed by atoms with van der Waals surface area (Å²) in [6.07, 6.45) is 8.25. The zero-order chi connectivity index (χ0) is 21.6. The number of hydrogen-bond acceptors (Lipinski definition) is 6. The van der Waals surface area contributed by atoms with Crippen LogP contribution < -0.4 is 20.1 Å². The largest absolute Gasteiger partial charge is 0.495 e. The maximum absolute atomic E-state index is 6.11. The second-order valence-corrected chi connectivity index (χ2v) is 8.13. The molecule has 0 atom stereocenters. The quantitative estimate of drug-likeness (QED) is 0.430. The summed E-state index contributed by atoms with van der Waals surface area (Å²) in [4.78, 5) is 9.02. The minimum absolute atomic E-state index is 0.341. The zero-order valence-corrected chi connectivity index (χ0v) is 18.6. The first-order chi connectivity index (χ1) is 15.1. The molecule has 1 aromatic heterocycles. The molecule has 0 aliphatic heterocycles. The molecule has 31 heavy (non-hydrogen) atoms. The van der Waals surface area contributed by atoms with Gasteiger partial charge in [-0.25, -0.2) is 4.98 Å². The lowest BCUT2D eigenvalue weighted by Crippen LogP contribution is -2.19. The van der Waals surface area contributed by atoms with Crippen molar-refractivity contribution >= 4 is 34.7 Å². The number of rotatable bonds is 7. The van der Waals surface area contributed by atoms with Crippen molar-refractivity contribution in [2.75, 3.05) is 17.7 Å². The molecular weight excluding hydrogens is 412 g/mol. The predicted octanol–water partition coefficient (Wildman–Crippen LogP) is 6.65. The first-order valence-electron chi connectivity index (χ1n) is 10.6. The SMILES string of the molecule is COc1cc(Nc2nc(Nc3ccc(OC4CCCCC4)cc3)ncc2C)ccc1Cl. The van der Waals surface area contributed by atoms with E-state index in [1.54, 1.807) is 19.4 Å². The van der Waals surface area contributed by atoms with E-state index in [2.05, 4.69) is 20.6 Å². The minimum Gasteiger partial charge on any atom is -0.495 e. The van der Waals surface area contributed by atoms with Crippen LogP contribution in [0.15, 0.2) is 48.7 Å². The molecule has 0 bridgehead atoms. The molecule has 0 spiro atoms. The smallest absolute Gasteiger partial charge is 0.229 e. The van der Waals surface area contributed by atoms with Crippen molar-refractivity contribution in [2.45, 2.75) is 45.1 Å². The second kappa shape index (κ2) is 9.88. The summed E-state index contributed by atoms with van der Waals surface area (Å²) in [7, 11) is 1.59. The second-order valence-electron chi connectivity index (χ2n) is 7.73. The van der Waals surface area contributed by atoms with E-state index in [1.807, 2.05) is 43.3 Å². The van der Waals surface area contributed by atoms with Crippen LogP contribution in [-0.4, -0.2) is 23.2 Å². The van der Waals surface area contributed by atoms with E-state index in [1.165, 1.54) is 19.3 Å². The number of benzene rings is 2. The summed E-state index contributed by atoms with van der Waals surface area (Å²) in [6, 6.07) is 13.5. The number of aromatic nitrogens is 2. The molecule has 162 valence electrons. The van der Waals surface area contributed by atoms with Gasteiger partial charge in [0.1, 0.15) is 17.3 Å². The fraction of sp³-hybridized carbons (Fsp3) is 0.333. The van der Waals surface area contributed by atoms with Crippen LogP contribution >= 0.6 is 11.6 Å². The summed E-state index contributed by atoms with van der Waals surface area (Å²) in [5.74, 6) is 2.72. The maximum Gasteiger partial charge on any atom is 0.229 e. The molecule has 0 saturated heterocycles. The van der Waals surface area contributed by atoms with Crippen LogP contribution in [0.4, 0.5) is 23.1 Å². The van der Waals surface area contributed by atoms with Crippen molar-refractivity contribution in [3.8, 4) is 11.5 Å². The zero-order valence-electron chi connectivity index (χ0n) is 17.8. The normalized spacial score (nSPS) is 14.2. The Morgan fingerprint density at radius 2 is 1.71 bits per heavy atom. The Morgan fingerprint density at radius 1 is 0.968 bits per heavy atom. The van der Waals surface area contributed by atoms with Crippen molar-refractivity contribution in [3.05, 3.63) is 59.2 Å². The van der Waals surface area contributed by atoms with E-state index in [0.29, 0.717) is 28.6 Å². The Kier molecular flexibility index (Phi) is 6.77. The van der Waals surface area contributed by atoms with Crippen LogP contribution in [0, 0.1) is 6.92 Å². The molecule has 0 radical (unpaired) electrons. The van der Waals surface area contributed by atoms with Gasteiger partial charge in [-0.05, 0) is 69.0 Å². The lowest BCUT2D eigenvalue weighted by molar-refractivity contribution is 0.155. The lowest BCUT2D eigenvalue weighted by Gasteiger charge is -2.23. The monoisotopic (exact) mass is 438 g/mol. The van der Waals surface area contributed by atoms with Gasteiger partial charge in [-0.3, -0.25) is 0 Å². The van der Waals surface area contributed by atoms with Crippen molar-refractivity contribution in [1.82, 2.24) is 9.97 Å². The fourth-order valence-corrected chi connectivity index (χ4v) is 3.82. The molecule has 1 saturated carbocycles. The summed E-state index contributed by atoms with van der Waals surface area (Å²) in [5, 5.41) is 7.12. The third-order valence-corrected chi connectivity index (χ3v) is 5.66. The average Bonchev–Trinajstić information content (AvgIpc) is 2.79. The molecule has 7 heteroatoms. The van der Waals surface area contributed by atoms with E-state index in [0.717, 1.165) is 35.5 Å². The molecule has 1 aliphatic rings. The van der Waals surface area contributed by atoms with Gasteiger partial charge in [-0.2, -0.15) is 4.98 Å². The van der Waals surface area contributed by atoms with Crippen molar-refractivity contribution < 1.29 is 9.47 Å². The van der Waals surface area contributed by atoms with Gasteiger partial charge >= 0.3 is 0 Å². The topological polar surface area (TPSA) is 68.3 Å². The highest BCUT2D eigenvalue weighted by Crippen LogP contribution is 2.30. The van der Waals surface area contributed by atoms with Gasteiger partial charge in [0.2, 0.25) is 5.95 Å². The lowest BCUT2D eigenvalue weighted by atomic mass is 9.98. The van der Waals surface area contributed by atoms with Crippen molar-refractivity contribution in [2.24, 2.45) is 0 Å². The highest BCUT2D eigenvalue weighted by Gasteiger charge is 2.14. The number of anilines is 4. The predicted molar refractivity (Wildman–Crippen MR) is 125 cm³/mol. The highest BCUT2D eigenvalue weighted by molar-refractivity contribution is 6.32. The number of aryl methyl sites for hydroxylation is 1. The van der Waals surface area contributed by atoms with Gasteiger partial charge < -0.3 is 20.1 Å². The van der Waals surface area contributed by atoms with E-state index in [-0.39, 0.29) is 0 Å². The van der Waals surface area contributed by atoms with Gasteiger partial charge in [0.25, 0.3) is 0 Å². The Balaban J connectivity index is 1.43. The van der Waals surface area contributed by atoms with Gasteiger partial charge in [0.05, 0.1) is 18.2 Å². The average molecular weight is 439 g/mol. The minimum atomic E-state index is 0.341.